The standard InChI is InChI=1S/C21H17N3O8S3/c25-15(7-11-2-1-5-33-11)22-16-18(26)23-17(21(29)30)10(9-35-19(16)23)8-34-12-3-4-14(24(31)32)13(6-12)20(27)28/h1-6,16,19H,7-9H2,(H,22,25)(H,27,28)(H,29,30)/t16-,19+/m0/s1. The Balaban J connectivity index is 1.47. The van der Waals surface area contributed by atoms with E-state index in [1.54, 1.807) is 0 Å². The normalized spacial score (nSPS) is 19.1. The summed E-state index contributed by atoms with van der Waals surface area (Å²) in [7, 11) is 0. The SMILES string of the molecule is O=C(Cc1cccs1)N[C@H]1C(=O)N2C(C(=O)O)=C(CSc3ccc([N+](=O)[O-])c(C(=O)O)c3)CS[C@H]12. The Hall–Kier alpha value is -3.36. The molecule has 0 unspecified atom stereocenters. The number of nitro benzene ring substituents is 1. The van der Waals surface area contributed by atoms with Gasteiger partial charge in [0.2, 0.25) is 5.91 Å². The molecular formula is C21H17N3O8S3. The van der Waals surface area contributed by atoms with Crippen LogP contribution in [0.1, 0.15) is 15.2 Å². The number of rotatable bonds is 9. The minimum atomic E-state index is -1.45. The molecule has 0 bridgehead atoms. The van der Waals surface area contributed by atoms with Gasteiger partial charge in [0, 0.05) is 27.3 Å². The summed E-state index contributed by atoms with van der Waals surface area (Å²) >= 11 is 3.87. The molecule has 2 aromatic rings. The highest BCUT2D eigenvalue weighted by molar-refractivity contribution is 8.01. The second-order valence-electron chi connectivity index (χ2n) is 7.50. The van der Waals surface area contributed by atoms with Crippen molar-refractivity contribution in [3.63, 3.8) is 0 Å². The van der Waals surface area contributed by atoms with Crippen molar-refractivity contribution in [2.24, 2.45) is 0 Å². The van der Waals surface area contributed by atoms with Gasteiger partial charge in [-0.2, -0.15) is 0 Å². The van der Waals surface area contributed by atoms with Crippen molar-refractivity contribution in [1.82, 2.24) is 10.2 Å². The Morgan fingerprint density at radius 2 is 2.00 bits per heavy atom. The molecule has 0 saturated carbocycles. The molecule has 2 amide bonds. The van der Waals surface area contributed by atoms with Crippen LogP contribution < -0.4 is 5.32 Å². The van der Waals surface area contributed by atoms with E-state index in [0.717, 1.165) is 22.7 Å². The number of β-lactam (4-membered cyclic amide) rings is 1. The first-order chi connectivity index (χ1) is 16.7. The molecule has 182 valence electrons. The molecule has 1 aromatic heterocycles. The summed E-state index contributed by atoms with van der Waals surface area (Å²) in [6, 6.07) is 6.47. The highest BCUT2D eigenvalue weighted by atomic mass is 32.2. The summed E-state index contributed by atoms with van der Waals surface area (Å²) in [5, 5.41) is 34.1. The van der Waals surface area contributed by atoms with Crippen LogP contribution in [-0.4, -0.2) is 66.7 Å². The van der Waals surface area contributed by atoms with Crippen LogP contribution >= 0.6 is 34.9 Å². The third kappa shape index (κ3) is 5.04. The van der Waals surface area contributed by atoms with Crippen LogP contribution in [0.5, 0.6) is 0 Å². The van der Waals surface area contributed by atoms with Crippen molar-refractivity contribution in [3.8, 4) is 0 Å². The number of hydrogen-bond acceptors (Lipinski definition) is 9. The summed E-state index contributed by atoms with van der Waals surface area (Å²) in [6.07, 6.45) is 0.135. The monoisotopic (exact) mass is 535 g/mol. The molecule has 2 aliphatic heterocycles. The minimum Gasteiger partial charge on any atom is -0.477 e. The van der Waals surface area contributed by atoms with Crippen LogP contribution in [0.25, 0.3) is 0 Å². The van der Waals surface area contributed by atoms with Crippen LogP contribution in [0.4, 0.5) is 5.69 Å². The Morgan fingerprint density at radius 1 is 1.23 bits per heavy atom. The zero-order valence-corrected chi connectivity index (χ0v) is 20.2. The van der Waals surface area contributed by atoms with Crippen molar-refractivity contribution >= 4 is 64.3 Å². The van der Waals surface area contributed by atoms with E-state index in [-0.39, 0.29) is 23.8 Å². The number of benzene rings is 1. The van der Waals surface area contributed by atoms with Gasteiger partial charge in [-0.15, -0.1) is 34.9 Å². The first kappa shape index (κ1) is 24.8. The number of hydrogen-bond donors (Lipinski definition) is 3. The van der Waals surface area contributed by atoms with Crippen LogP contribution in [0.15, 0.2) is 51.9 Å². The maximum absolute atomic E-state index is 12.8. The topological polar surface area (TPSA) is 167 Å². The van der Waals surface area contributed by atoms with E-state index in [2.05, 4.69) is 5.32 Å². The Labute approximate surface area is 210 Å². The number of nitrogens with one attached hydrogen (secondary N) is 1. The fourth-order valence-electron chi connectivity index (χ4n) is 3.70. The van der Waals surface area contributed by atoms with Crippen molar-refractivity contribution < 1.29 is 34.3 Å². The van der Waals surface area contributed by atoms with Crippen LogP contribution in [0.3, 0.4) is 0 Å². The number of amides is 2. The zero-order chi connectivity index (χ0) is 25.3. The summed E-state index contributed by atoms with van der Waals surface area (Å²) in [5.74, 6) is -3.13. The number of carbonyl (C=O) groups excluding carboxylic acids is 2. The van der Waals surface area contributed by atoms with Crippen LogP contribution in [-0.2, 0) is 20.8 Å². The summed E-state index contributed by atoms with van der Waals surface area (Å²) < 4.78 is 0. The van der Waals surface area contributed by atoms with Gasteiger partial charge in [0.15, 0.2) is 0 Å². The maximum Gasteiger partial charge on any atom is 0.352 e. The average molecular weight is 536 g/mol. The quantitative estimate of drug-likeness (QED) is 0.188. The van der Waals surface area contributed by atoms with Gasteiger partial charge in [-0.25, -0.2) is 9.59 Å². The predicted octanol–water partition coefficient (Wildman–Crippen LogP) is 2.43. The largest absolute Gasteiger partial charge is 0.477 e. The molecule has 11 nitrogen and oxygen atoms in total. The molecule has 0 radical (unpaired) electrons. The second kappa shape index (κ2) is 10.1. The van der Waals surface area contributed by atoms with Crippen LogP contribution in [0.2, 0.25) is 0 Å². The molecule has 3 N–H and O–H groups in total. The Kier molecular flexibility index (Phi) is 7.14. The van der Waals surface area contributed by atoms with Gasteiger partial charge in [0.25, 0.3) is 11.6 Å². The molecule has 0 spiro atoms. The van der Waals surface area contributed by atoms with E-state index in [4.69, 9.17) is 0 Å². The number of carbonyl (C=O) groups is 4. The number of aliphatic carboxylic acids is 1. The number of nitrogens with zero attached hydrogens (tertiary/aromatic N) is 2. The number of carboxylic acids is 2. The Morgan fingerprint density at radius 3 is 2.63 bits per heavy atom. The molecule has 3 heterocycles. The van der Waals surface area contributed by atoms with Gasteiger partial charge in [-0.1, -0.05) is 6.07 Å². The fraction of sp³-hybridized carbons (Fsp3) is 0.238. The van der Waals surface area contributed by atoms with Gasteiger partial charge >= 0.3 is 11.9 Å². The highest BCUT2D eigenvalue weighted by Gasteiger charge is 2.54. The van der Waals surface area contributed by atoms with Gasteiger partial charge in [0.05, 0.1) is 11.3 Å². The lowest BCUT2D eigenvalue weighted by atomic mass is 10.0. The summed E-state index contributed by atoms with van der Waals surface area (Å²) in [6.45, 7) is 0. The third-order valence-electron chi connectivity index (χ3n) is 5.29. The van der Waals surface area contributed by atoms with E-state index in [1.807, 2.05) is 17.5 Å². The first-order valence-electron chi connectivity index (χ1n) is 10.0. The van der Waals surface area contributed by atoms with Crippen molar-refractivity contribution in [2.75, 3.05) is 11.5 Å². The molecule has 1 fully saturated rings. The van der Waals surface area contributed by atoms with Crippen molar-refractivity contribution in [2.45, 2.75) is 22.7 Å². The minimum absolute atomic E-state index is 0.135. The van der Waals surface area contributed by atoms with E-state index >= 15 is 0 Å². The lowest BCUT2D eigenvalue weighted by Crippen LogP contribution is -2.70. The molecule has 2 atom stereocenters. The van der Waals surface area contributed by atoms with E-state index in [0.29, 0.717) is 16.2 Å². The lowest BCUT2D eigenvalue weighted by molar-refractivity contribution is -0.385. The van der Waals surface area contributed by atoms with Gasteiger partial charge in [0.1, 0.15) is 22.7 Å². The molecule has 14 heteroatoms. The molecule has 4 rings (SSSR count). The molecule has 35 heavy (non-hydrogen) atoms. The molecule has 0 aliphatic carbocycles. The molecule has 1 saturated heterocycles. The fourth-order valence-corrected chi connectivity index (χ4v) is 6.82. The molecule has 1 aromatic carbocycles. The number of thiophene rings is 1. The maximum atomic E-state index is 12.8. The predicted molar refractivity (Wildman–Crippen MR) is 128 cm³/mol. The van der Waals surface area contributed by atoms with Crippen LogP contribution in [0, 0.1) is 10.1 Å². The lowest BCUT2D eigenvalue weighted by Gasteiger charge is -2.49. The number of thioether (sulfide) groups is 2. The smallest absolute Gasteiger partial charge is 0.352 e. The molecular weight excluding hydrogens is 518 g/mol. The van der Waals surface area contributed by atoms with Gasteiger partial charge < -0.3 is 15.5 Å². The number of carboxylic acid groups (broad SMARTS) is 2. The van der Waals surface area contributed by atoms with Gasteiger partial charge in [-0.3, -0.25) is 24.6 Å². The third-order valence-corrected chi connectivity index (χ3v) is 8.59. The highest BCUT2D eigenvalue weighted by Crippen LogP contribution is 2.42. The summed E-state index contributed by atoms with van der Waals surface area (Å²) in [4.78, 5) is 61.1. The van der Waals surface area contributed by atoms with Crippen molar-refractivity contribution in [1.29, 1.82) is 0 Å². The first-order valence-corrected chi connectivity index (χ1v) is 12.9. The number of nitro groups is 1. The summed E-state index contributed by atoms with van der Waals surface area (Å²) in [5.41, 5.74) is -0.711. The van der Waals surface area contributed by atoms with E-state index in [9.17, 15) is 39.5 Å². The zero-order valence-electron chi connectivity index (χ0n) is 17.7. The second-order valence-corrected chi connectivity index (χ2v) is 10.7. The molecule has 2 aliphatic rings. The van der Waals surface area contributed by atoms with E-state index in [1.165, 1.54) is 40.1 Å². The van der Waals surface area contributed by atoms with Crippen molar-refractivity contribution in [3.05, 3.63) is 67.5 Å². The number of fused-ring (bicyclic) bond motifs is 1. The average Bonchev–Trinajstić information content (AvgIpc) is 3.32. The number of aromatic carboxylic acids is 1. The van der Waals surface area contributed by atoms with Gasteiger partial charge in [-0.05, 0) is 29.2 Å². The van der Waals surface area contributed by atoms with E-state index < -0.39 is 45.4 Å². The Bertz CT molecular complexity index is 1260.